The minimum absolute atomic E-state index is 0.139. The van der Waals surface area contributed by atoms with Crippen LogP contribution in [0.3, 0.4) is 0 Å². The fraction of sp³-hybridized carbons (Fsp3) is 0.458. The van der Waals surface area contributed by atoms with Crippen LogP contribution in [0.5, 0.6) is 0 Å². The zero-order chi connectivity index (χ0) is 21.8. The van der Waals surface area contributed by atoms with E-state index in [4.69, 9.17) is 9.47 Å². The molecule has 2 aliphatic heterocycles. The largest absolute Gasteiger partial charge is 0.387 e. The number of benzene rings is 2. The first-order valence-corrected chi connectivity index (χ1v) is 10.8. The molecule has 0 radical (unpaired) electrons. The Hall–Kier alpha value is -2.32. The predicted molar refractivity (Wildman–Crippen MR) is 115 cm³/mol. The normalized spacial score (nSPS) is 20.5. The van der Waals surface area contributed by atoms with Gasteiger partial charge in [-0.25, -0.2) is 4.39 Å². The number of β-amino-alcohol motifs (C(OH)–C–C–N with tert-alkyl or cyclic N) is 1. The maximum Gasteiger partial charge on any atom is 0.221 e. The van der Waals surface area contributed by atoms with E-state index < -0.39 is 11.9 Å². The number of hydrogen-bond acceptors (Lipinski definition) is 5. The van der Waals surface area contributed by atoms with E-state index in [2.05, 4.69) is 10.2 Å². The van der Waals surface area contributed by atoms with Crippen LogP contribution in [0.1, 0.15) is 37.0 Å². The lowest BCUT2D eigenvalue weighted by atomic mass is 9.84. The highest BCUT2D eigenvalue weighted by atomic mass is 19.1. The number of nitrogens with one attached hydrogen (secondary N) is 1. The number of halogens is 1. The van der Waals surface area contributed by atoms with E-state index in [1.165, 1.54) is 19.1 Å². The second-order valence-corrected chi connectivity index (χ2v) is 8.27. The standard InChI is InChI=1S/C24H29FN2O4/c1-17(28)26-22-4-2-3-18(15-22)23(29)16-27-11-9-20(10-12-27)24(30-13-14-31-24)19-5-7-21(25)8-6-19/h2-8,15,20,23,29H,9-14,16H2,1H3,(H,26,28). The number of likely N-dealkylation sites (tertiary alicyclic amines) is 1. The lowest BCUT2D eigenvalue weighted by molar-refractivity contribution is -0.214. The van der Waals surface area contributed by atoms with Crippen molar-refractivity contribution >= 4 is 11.6 Å². The van der Waals surface area contributed by atoms with Crippen LogP contribution >= 0.6 is 0 Å². The van der Waals surface area contributed by atoms with Crippen LogP contribution in [0.25, 0.3) is 0 Å². The number of hydrogen-bond donors (Lipinski definition) is 2. The highest BCUT2D eigenvalue weighted by Gasteiger charge is 2.47. The Bertz CT molecular complexity index is 891. The van der Waals surface area contributed by atoms with E-state index in [-0.39, 0.29) is 17.6 Å². The average Bonchev–Trinajstić information content (AvgIpc) is 3.25. The molecule has 7 heteroatoms. The molecule has 166 valence electrons. The molecule has 0 saturated carbocycles. The van der Waals surface area contributed by atoms with Crippen LogP contribution in [0.2, 0.25) is 0 Å². The maximum absolute atomic E-state index is 13.4. The first-order valence-electron chi connectivity index (χ1n) is 10.8. The summed E-state index contributed by atoms with van der Waals surface area (Å²) in [6, 6.07) is 13.7. The smallest absolute Gasteiger partial charge is 0.221 e. The molecule has 2 N–H and O–H groups in total. The van der Waals surface area contributed by atoms with Gasteiger partial charge in [-0.15, -0.1) is 0 Å². The number of carbonyl (C=O) groups is 1. The maximum atomic E-state index is 13.4. The second-order valence-electron chi connectivity index (χ2n) is 8.27. The minimum Gasteiger partial charge on any atom is -0.387 e. The minimum atomic E-state index is -0.814. The molecule has 2 heterocycles. The summed E-state index contributed by atoms with van der Waals surface area (Å²) < 4.78 is 25.6. The Kier molecular flexibility index (Phi) is 6.67. The number of anilines is 1. The molecule has 2 fully saturated rings. The third kappa shape index (κ3) is 4.96. The van der Waals surface area contributed by atoms with Gasteiger partial charge in [-0.05, 0) is 55.8 Å². The molecule has 0 aliphatic carbocycles. The van der Waals surface area contributed by atoms with Crippen molar-refractivity contribution in [1.29, 1.82) is 0 Å². The van der Waals surface area contributed by atoms with Crippen molar-refractivity contribution in [3.8, 4) is 0 Å². The van der Waals surface area contributed by atoms with E-state index >= 15 is 0 Å². The van der Waals surface area contributed by atoms with Gasteiger partial charge in [0.25, 0.3) is 0 Å². The number of aliphatic hydroxyl groups is 1. The SMILES string of the molecule is CC(=O)Nc1cccc(C(O)CN2CCC(C3(c4ccc(F)cc4)OCCO3)CC2)c1. The summed E-state index contributed by atoms with van der Waals surface area (Å²) >= 11 is 0. The molecule has 1 amide bonds. The molecule has 2 saturated heterocycles. The third-order valence-electron chi connectivity index (χ3n) is 6.11. The number of rotatable bonds is 6. The quantitative estimate of drug-likeness (QED) is 0.738. The molecule has 31 heavy (non-hydrogen) atoms. The third-order valence-corrected chi connectivity index (χ3v) is 6.11. The molecule has 2 aliphatic rings. The topological polar surface area (TPSA) is 71.0 Å². The number of amides is 1. The van der Waals surface area contributed by atoms with E-state index in [0.717, 1.165) is 37.1 Å². The van der Waals surface area contributed by atoms with Gasteiger partial charge in [0.1, 0.15) is 5.82 Å². The summed E-state index contributed by atoms with van der Waals surface area (Å²) in [6.45, 7) is 4.65. The summed E-state index contributed by atoms with van der Waals surface area (Å²) in [5, 5.41) is 13.5. The van der Waals surface area contributed by atoms with E-state index in [1.807, 2.05) is 18.2 Å². The molecular formula is C24H29FN2O4. The molecule has 0 spiro atoms. The summed E-state index contributed by atoms with van der Waals surface area (Å²) in [5.41, 5.74) is 2.32. The van der Waals surface area contributed by atoms with Crippen molar-refractivity contribution in [2.24, 2.45) is 5.92 Å². The highest BCUT2D eigenvalue weighted by Crippen LogP contribution is 2.43. The second kappa shape index (κ2) is 9.44. The highest BCUT2D eigenvalue weighted by molar-refractivity contribution is 5.88. The lowest BCUT2D eigenvalue weighted by Crippen LogP contribution is -2.45. The molecule has 0 aromatic heterocycles. The van der Waals surface area contributed by atoms with Gasteiger partial charge in [-0.3, -0.25) is 4.79 Å². The molecule has 1 unspecified atom stereocenters. The molecule has 2 aromatic carbocycles. The number of carbonyl (C=O) groups excluding carboxylic acids is 1. The van der Waals surface area contributed by atoms with Crippen molar-refractivity contribution in [2.45, 2.75) is 31.7 Å². The molecular weight excluding hydrogens is 399 g/mol. The molecule has 0 bridgehead atoms. The Labute approximate surface area is 182 Å². The first kappa shape index (κ1) is 21.9. The van der Waals surface area contributed by atoms with Crippen LogP contribution in [0, 0.1) is 11.7 Å². The Morgan fingerprint density at radius 3 is 2.52 bits per heavy atom. The Morgan fingerprint density at radius 1 is 1.19 bits per heavy atom. The van der Waals surface area contributed by atoms with Crippen molar-refractivity contribution in [3.05, 3.63) is 65.5 Å². The lowest BCUT2D eigenvalue weighted by Gasteiger charge is -2.41. The predicted octanol–water partition coefficient (Wildman–Crippen LogP) is 3.43. The van der Waals surface area contributed by atoms with Gasteiger partial charge >= 0.3 is 0 Å². The molecule has 4 rings (SSSR count). The molecule has 6 nitrogen and oxygen atoms in total. The summed E-state index contributed by atoms with van der Waals surface area (Å²) in [4.78, 5) is 13.5. The van der Waals surface area contributed by atoms with Gasteiger partial charge in [0.05, 0.1) is 19.3 Å². The Balaban J connectivity index is 1.38. The number of nitrogens with zero attached hydrogens (tertiary/aromatic N) is 1. The van der Waals surface area contributed by atoms with Crippen LogP contribution in [-0.2, 0) is 20.1 Å². The summed E-state index contributed by atoms with van der Waals surface area (Å²) in [5.74, 6) is -1.06. The van der Waals surface area contributed by atoms with Gasteiger partial charge in [-0.2, -0.15) is 0 Å². The zero-order valence-corrected chi connectivity index (χ0v) is 17.7. The van der Waals surface area contributed by atoms with Crippen molar-refractivity contribution < 1.29 is 23.8 Å². The monoisotopic (exact) mass is 428 g/mol. The number of piperidine rings is 1. The average molecular weight is 429 g/mol. The fourth-order valence-electron chi connectivity index (χ4n) is 4.62. The van der Waals surface area contributed by atoms with Gasteiger partial charge in [0.2, 0.25) is 5.91 Å². The van der Waals surface area contributed by atoms with Crippen molar-refractivity contribution in [3.63, 3.8) is 0 Å². The summed E-state index contributed by atoms with van der Waals surface area (Å²) in [7, 11) is 0. The number of aliphatic hydroxyl groups excluding tert-OH is 1. The molecule has 1 atom stereocenters. The van der Waals surface area contributed by atoms with E-state index in [1.54, 1.807) is 18.2 Å². The van der Waals surface area contributed by atoms with Crippen LogP contribution in [0.4, 0.5) is 10.1 Å². The summed E-state index contributed by atoms with van der Waals surface area (Å²) in [6.07, 6.45) is 1.07. The van der Waals surface area contributed by atoms with Crippen molar-refractivity contribution in [1.82, 2.24) is 4.90 Å². The fourth-order valence-corrected chi connectivity index (χ4v) is 4.62. The van der Waals surface area contributed by atoms with Crippen molar-refractivity contribution in [2.75, 3.05) is 38.2 Å². The van der Waals surface area contributed by atoms with Gasteiger partial charge in [-0.1, -0.05) is 24.3 Å². The van der Waals surface area contributed by atoms with Crippen LogP contribution in [-0.4, -0.2) is 48.8 Å². The number of ether oxygens (including phenoxy) is 2. The zero-order valence-electron chi connectivity index (χ0n) is 17.7. The van der Waals surface area contributed by atoms with Crippen LogP contribution < -0.4 is 5.32 Å². The van der Waals surface area contributed by atoms with Crippen LogP contribution in [0.15, 0.2) is 48.5 Å². The van der Waals surface area contributed by atoms with Gasteiger partial charge in [0, 0.05) is 30.6 Å². The molecule has 2 aromatic rings. The van der Waals surface area contributed by atoms with E-state index in [9.17, 15) is 14.3 Å². The Morgan fingerprint density at radius 2 is 1.87 bits per heavy atom. The first-order chi connectivity index (χ1) is 15.0. The van der Waals surface area contributed by atoms with Gasteiger partial charge < -0.3 is 24.8 Å². The van der Waals surface area contributed by atoms with E-state index in [0.29, 0.717) is 25.4 Å². The van der Waals surface area contributed by atoms with Gasteiger partial charge in [0.15, 0.2) is 5.79 Å².